The van der Waals surface area contributed by atoms with E-state index in [0.717, 1.165) is 42.7 Å². The second kappa shape index (κ2) is 8.03. The summed E-state index contributed by atoms with van der Waals surface area (Å²) in [6.45, 7) is 4.79. The van der Waals surface area contributed by atoms with Crippen molar-refractivity contribution >= 4 is 74.7 Å². The zero-order valence-electron chi connectivity index (χ0n) is 14.1. The van der Waals surface area contributed by atoms with Gasteiger partial charge in [0.05, 0.1) is 27.7 Å². The molecule has 0 aliphatic carbocycles. The molecule has 1 unspecified atom stereocenters. The summed E-state index contributed by atoms with van der Waals surface area (Å²) >= 11 is 10.0. The molecule has 3 heterocycles. The number of thiophene rings is 2. The van der Waals surface area contributed by atoms with Gasteiger partial charge >= 0.3 is 0 Å². The minimum atomic E-state index is -0.170. The Morgan fingerprint density at radius 3 is 1.96 bits per heavy atom. The Hall–Kier alpha value is -0.500. The van der Waals surface area contributed by atoms with Crippen LogP contribution in [0.3, 0.4) is 0 Å². The van der Waals surface area contributed by atoms with Crippen LogP contribution >= 0.6 is 54.5 Å². The molecule has 0 saturated heterocycles. The lowest BCUT2D eigenvalue weighted by molar-refractivity contribution is 0.383. The molecule has 3 aromatic rings. The third kappa shape index (κ3) is 3.80. The number of halogens is 2. The van der Waals surface area contributed by atoms with E-state index in [1.807, 2.05) is 12.1 Å². The molecule has 0 saturated carbocycles. The summed E-state index contributed by atoms with van der Waals surface area (Å²) in [6, 6.07) is 3.69. The number of aromatic nitrogens is 1. The van der Waals surface area contributed by atoms with Crippen molar-refractivity contribution in [3.05, 3.63) is 40.4 Å². The van der Waals surface area contributed by atoms with Gasteiger partial charge in [-0.15, -0.1) is 22.7 Å². The Morgan fingerprint density at radius 2 is 1.52 bits per heavy atom. The first kappa shape index (κ1) is 19.3. The highest BCUT2D eigenvalue weighted by molar-refractivity contribution is 9.11. The van der Waals surface area contributed by atoms with Crippen LogP contribution in [-0.4, -0.2) is 4.57 Å². The van der Waals surface area contributed by atoms with E-state index in [-0.39, 0.29) is 11.1 Å². The minimum Gasteiger partial charge on any atom is -0.274 e. The van der Waals surface area contributed by atoms with Crippen LogP contribution in [-0.2, 0) is 6.54 Å². The Balaban J connectivity index is 2.30. The highest BCUT2D eigenvalue weighted by Crippen LogP contribution is 2.37. The van der Waals surface area contributed by atoms with E-state index >= 15 is 0 Å². The quantitative estimate of drug-likeness (QED) is 0.390. The van der Waals surface area contributed by atoms with Crippen molar-refractivity contribution in [2.24, 2.45) is 5.92 Å². The van der Waals surface area contributed by atoms with Gasteiger partial charge in [0, 0.05) is 6.54 Å². The summed E-state index contributed by atoms with van der Waals surface area (Å²) < 4.78 is 5.06. The van der Waals surface area contributed by atoms with Gasteiger partial charge in [-0.1, -0.05) is 33.1 Å². The lowest BCUT2D eigenvalue weighted by atomic mass is 9.99. The summed E-state index contributed by atoms with van der Waals surface area (Å²) in [4.78, 5) is 26.2. The van der Waals surface area contributed by atoms with Gasteiger partial charge < -0.3 is 0 Å². The number of hydrogen-bond acceptors (Lipinski definition) is 4. The van der Waals surface area contributed by atoms with E-state index in [9.17, 15) is 9.59 Å². The predicted molar refractivity (Wildman–Crippen MR) is 116 cm³/mol. The topological polar surface area (TPSA) is 39.1 Å². The molecule has 134 valence electrons. The van der Waals surface area contributed by atoms with Gasteiger partial charge in [-0.05, 0) is 56.3 Å². The van der Waals surface area contributed by atoms with Gasteiger partial charge in [-0.2, -0.15) is 0 Å². The normalized spacial score (nSPS) is 13.0. The monoisotopic (exact) mass is 503 g/mol. The van der Waals surface area contributed by atoms with Crippen molar-refractivity contribution < 1.29 is 0 Å². The fraction of sp³-hybridized carbons (Fsp3) is 0.444. The maximum atomic E-state index is 13.1. The molecule has 0 amide bonds. The summed E-state index contributed by atoms with van der Waals surface area (Å²) in [6.07, 6.45) is 4.27. The van der Waals surface area contributed by atoms with Crippen molar-refractivity contribution in [3.8, 4) is 0 Å². The predicted octanol–water partition coefficient (Wildman–Crippen LogP) is 6.38. The molecular formula is C18H19Br2NO2S2. The Morgan fingerprint density at radius 1 is 1.00 bits per heavy atom. The molecule has 0 aliphatic rings. The van der Waals surface area contributed by atoms with Crippen LogP contribution in [0.4, 0.5) is 0 Å². The van der Waals surface area contributed by atoms with E-state index in [2.05, 4.69) is 45.7 Å². The highest BCUT2D eigenvalue weighted by Gasteiger charge is 2.18. The molecule has 0 aromatic carbocycles. The third-order valence-corrected chi connectivity index (χ3v) is 7.99. The second-order valence-electron chi connectivity index (χ2n) is 6.22. The average Bonchev–Trinajstić information content (AvgIpc) is 3.15. The Kier molecular flexibility index (Phi) is 6.19. The largest absolute Gasteiger partial charge is 0.274 e. The highest BCUT2D eigenvalue weighted by atomic mass is 79.9. The molecule has 25 heavy (non-hydrogen) atoms. The van der Waals surface area contributed by atoms with Crippen molar-refractivity contribution in [2.45, 2.75) is 46.1 Å². The number of fused-ring (bicyclic) bond motifs is 3. The first-order valence-electron chi connectivity index (χ1n) is 8.41. The van der Waals surface area contributed by atoms with E-state index in [0.29, 0.717) is 23.2 Å². The Bertz CT molecular complexity index is 962. The molecular weight excluding hydrogens is 486 g/mol. The van der Waals surface area contributed by atoms with Crippen LogP contribution in [0, 0.1) is 5.92 Å². The molecule has 7 heteroatoms. The van der Waals surface area contributed by atoms with Gasteiger partial charge in [0.2, 0.25) is 0 Å². The van der Waals surface area contributed by atoms with Gasteiger partial charge in [0.15, 0.2) is 0 Å². The fourth-order valence-corrected chi connectivity index (χ4v) is 6.44. The number of hydrogen-bond donors (Lipinski definition) is 0. The van der Waals surface area contributed by atoms with E-state index in [1.54, 1.807) is 0 Å². The minimum absolute atomic E-state index is 0.170. The molecule has 3 nitrogen and oxygen atoms in total. The molecule has 0 bridgehead atoms. The molecule has 0 N–H and O–H groups in total. The molecule has 0 fully saturated rings. The van der Waals surface area contributed by atoms with Crippen molar-refractivity contribution in [2.75, 3.05) is 0 Å². The maximum Gasteiger partial charge on any atom is 0.262 e. The first-order valence-corrected chi connectivity index (χ1v) is 11.6. The first-order chi connectivity index (χ1) is 12.0. The third-order valence-electron chi connectivity index (χ3n) is 4.55. The smallest absolute Gasteiger partial charge is 0.262 e. The number of nitrogens with zero attached hydrogens (tertiary/aromatic N) is 1. The molecule has 0 radical (unpaired) electrons. The summed E-state index contributed by atoms with van der Waals surface area (Å²) in [5, 5.41) is 1.26. The van der Waals surface area contributed by atoms with E-state index in [1.165, 1.54) is 27.2 Å². The van der Waals surface area contributed by atoms with E-state index < -0.39 is 0 Å². The van der Waals surface area contributed by atoms with Crippen LogP contribution in [0.5, 0.6) is 0 Å². The van der Waals surface area contributed by atoms with Crippen LogP contribution in [0.1, 0.15) is 39.5 Å². The SMILES string of the molecule is CCCCC(CC)Cn1c(=O)c2cc(Br)sc2c2sc(Br)cc2c1=O. The van der Waals surface area contributed by atoms with Gasteiger partial charge in [-0.3, -0.25) is 14.2 Å². The standard InChI is InChI=1S/C18H19Br2NO2S2/c1-3-5-6-10(4-2)9-21-17(22)11-7-13(19)24-15(11)16-12(18(21)23)8-14(20)25-16/h7-8,10H,3-6,9H2,1-2H3. The van der Waals surface area contributed by atoms with Crippen molar-refractivity contribution in [1.82, 2.24) is 4.57 Å². The molecule has 0 aliphatic heterocycles. The van der Waals surface area contributed by atoms with Crippen molar-refractivity contribution in [3.63, 3.8) is 0 Å². The zero-order chi connectivity index (χ0) is 18.1. The van der Waals surface area contributed by atoms with E-state index in [4.69, 9.17) is 0 Å². The number of rotatable bonds is 6. The Labute approximate surface area is 170 Å². The maximum absolute atomic E-state index is 13.1. The lowest BCUT2D eigenvalue weighted by Crippen LogP contribution is -2.32. The van der Waals surface area contributed by atoms with Crippen LogP contribution < -0.4 is 11.1 Å². The zero-order valence-corrected chi connectivity index (χ0v) is 18.9. The van der Waals surface area contributed by atoms with Crippen LogP contribution in [0.25, 0.3) is 20.2 Å². The van der Waals surface area contributed by atoms with Crippen LogP contribution in [0.15, 0.2) is 29.3 Å². The summed E-state index contributed by atoms with van der Waals surface area (Å²) in [5.74, 6) is 0.349. The van der Waals surface area contributed by atoms with Crippen molar-refractivity contribution in [1.29, 1.82) is 0 Å². The van der Waals surface area contributed by atoms with Gasteiger partial charge in [0.1, 0.15) is 0 Å². The number of unbranched alkanes of at least 4 members (excludes halogenated alkanes) is 1. The molecule has 1 atom stereocenters. The van der Waals surface area contributed by atoms with Crippen LogP contribution in [0.2, 0.25) is 0 Å². The van der Waals surface area contributed by atoms with Gasteiger partial charge in [-0.25, -0.2) is 0 Å². The fourth-order valence-electron chi connectivity index (χ4n) is 3.10. The average molecular weight is 505 g/mol. The van der Waals surface area contributed by atoms with Gasteiger partial charge in [0.25, 0.3) is 11.1 Å². The summed E-state index contributed by atoms with van der Waals surface area (Å²) in [5.41, 5.74) is -0.340. The molecule has 3 aromatic heterocycles. The second-order valence-corrected chi connectivity index (χ2v) is 11.1. The summed E-state index contributed by atoms with van der Waals surface area (Å²) in [7, 11) is 0. The molecule has 3 rings (SSSR count). The lowest BCUT2D eigenvalue weighted by Gasteiger charge is -2.14. The molecule has 0 spiro atoms.